The highest BCUT2D eigenvalue weighted by Gasteiger charge is 2.43. The first-order valence-electron chi connectivity index (χ1n) is 12.9. The number of amides is 4. The Hall–Kier alpha value is -3.55. The molecule has 3 heterocycles. The number of nitrogens with zero attached hydrogens (tertiary/aromatic N) is 2. The van der Waals surface area contributed by atoms with Crippen LogP contribution in [0.15, 0.2) is 48.5 Å². The SMILES string of the molecule is NC(=O)N1CCCC(C(=O)N2CCC3(CC2)Cc2cccc(c2)Oc2cccc(c2)CCNC3=O)C1. The number of urea groups is 1. The third-order valence-corrected chi connectivity index (χ3v) is 7.87. The summed E-state index contributed by atoms with van der Waals surface area (Å²) in [6, 6.07) is 15.4. The maximum absolute atomic E-state index is 13.6. The van der Waals surface area contributed by atoms with Crippen molar-refractivity contribution in [3.63, 3.8) is 0 Å². The molecular formula is C28H34N4O4. The molecule has 0 saturated carbocycles. The molecule has 1 atom stereocenters. The van der Waals surface area contributed by atoms with Crippen molar-refractivity contribution in [2.45, 2.75) is 38.5 Å². The number of primary amides is 1. The highest BCUT2D eigenvalue weighted by atomic mass is 16.5. The summed E-state index contributed by atoms with van der Waals surface area (Å²) in [5.41, 5.74) is 7.01. The topological polar surface area (TPSA) is 105 Å². The number of likely N-dealkylation sites (tertiary alicyclic amines) is 2. The molecule has 0 aromatic heterocycles. The van der Waals surface area contributed by atoms with Gasteiger partial charge in [0.25, 0.3) is 0 Å². The summed E-state index contributed by atoms with van der Waals surface area (Å²) in [5.74, 6) is 1.43. The normalized spacial score (nSPS) is 21.9. The standard InChI is InChI=1S/C28H34N4O4/c29-27(35)32-13-3-6-22(19-32)25(33)31-14-10-28(11-15-31)18-21-5-2-8-24(17-21)36-23-7-1-4-20(16-23)9-12-30-26(28)34/h1-2,4-5,7-8,16-17,22H,3,6,9-15,18-19H2,(H2,29,35)(H,30,34). The fraction of sp³-hybridized carbons (Fsp3) is 0.464. The van der Waals surface area contributed by atoms with E-state index in [1.54, 1.807) is 4.90 Å². The Morgan fingerprint density at radius 2 is 1.67 bits per heavy atom. The average molecular weight is 491 g/mol. The summed E-state index contributed by atoms with van der Waals surface area (Å²) in [4.78, 5) is 41.9. The minimum Gasteiger partial charge on any atom is -0.457 e. The van der Waals surface area contributed by atoms with Crippen LogP contribution in [0.25, 0.3) is 0 Å². The first-order valence-corrected chi connectivity index (χ1v) is 12.9. The van der Waals surface area contributed by atoms with Crippen LogP contribution in [0.2, 0.25) is 0 Å². The van der Waals surface area contributed by atoms with Crippen LogP contribution in [0.1, 0.15) is 36.8 Å². The van der Waals surface area contributed by atoms with Gasteiger partial charge in [-0.05, 0) is 73.9 Å². The van der Waals surface area contributed by atoms with Gasteiger partial charge in [0.1, 0.15) is 11.5 Å². The van der Waals surface area contributed by atoms with Crippen LogP contribution in [-0.4, -0.2) is 60.4 Å². The Kier molecular flexibility index (Phi) is 6.85. The number of fused-ring (bicyclic) bond motifs is 4. The Morgan fingerprint density at radius 3 is 2.39 bits per heavy atom. The minimum absolute atomic E-state index is 0.0499. The lowest BCUT2D eigenvalue weighted by Crippen LogP contribution is -2.54. The first-order chi connectivity index (χ1) is 17.4. The minimum atomic E-state index is -0.589. The van der Waals surface area contributed by atoms with Crippen molar-refractivity contribution in [3.8, 4) is 11.5 Å². The molecule has 2 aromatic rings. The quantitative estimate of drug-likeness (QED) is 0.641. The van der Waals surface area contributed by atoms with Gasteiger partial charge in [0.15, 0.2) is 0 Å². The molecule has 36 heavy (non-hydrogen) atoms. The molecule has 1 unspecified atom stereocenters. The van der Waals surface area contributed by atoms with E-state index in [0.29, 0.717) is 52.0 Å². The zero-order chi connectivity index (χ0) is 25.1. The zero-order valence-electron chi connectivity index (χ0n) is 20.6. The van der Waals surface area contributed by atoms with Crippen molar-refractivity contribution < 1.29 is 19.1 Å². The van der Waals surface area contributed by atoms with Crippen LogP contribution < -0.4 is 15.8 Å². The van der Waals surface area contributed by atoms with Crippen LogP contribution in [0, 0.1) is 11.3 Å². The maximum Gasteiger partial charge on any atom is 0.314 e. The third kappa shape index (κ3) is 5.17. The predicted molar refractivity (Wildman–Crippen MR) is 136 cm³/mol. The number of carbonyl (C=O) groups excluding carboxylic acids is 3. The van der Waals surface area contributed by atoms with Crippen LogP contribution in [0.3, 0.4) is 0 Å². The molecule has 4 bridgehead atoms. The van der Waals surface area contributed by atoms with E-state index in [4.69, 9.17) is 10.5 Å². The average Bonchev–Trinajstić information content (AvgIpc) is 2.89. The number of nitrogens with two attached hydrogens (primary N) is 1. The lowest BCUT2D eigenvalue weighted by molar-refractivity contribution is -0.144. The predicted octanol–water partition coefficient (Wildman–Crippen LogP) is 3.09. The van der Waals surface area contributed by atoms with Gasteiger partial charge in [0, 0.05) is 32.7 Å². The van der Waals surface area contributed by atoms with Gasteiger partial charge in [-0.25, -0.2) is 4.79 Å². The molecule has 2 aromatic carbocycles. The molecule has 5 rings (SSSR count). The fourth-order valence-electron chi connectivity index (χ4n) is 5.79. The molecule has 8 nitrogen and oxygen atoms in total. The molecule has 2 saturated heterocycles. The molecule has 3 N–H and O–H groups in total. The first kappa shape index (κ1) is 24.2. The van der Waals surface area contributed by atoms with E-state index in [0.717, 1.165) is 41.9 Å². The van der Waals surface area contributed by atoms with Crippen molar-refractivity contribution in [1.29, 1.82) is 0 Å². The molecule has 190 valence electrons. The van der Waals surface area contributed by atoms with Gasteiger partial charge in [0.2, 0.25) is 11.8 Å². The largest absolute Gasteiger partial charge is 0.457 e. The van der Waals surface area contributed by atoms with Crippen molar-refractivity contribution in [2.24, 2.45) is 17.1 Å². The number of rotatable bonds is 1. The summed E-state index contributed by atoms with van der Waals surface area (Å²) >= 11 is 0. The molecule has 8 heteroatoms. The lowest BCUT2D eigenvalue weighted by atomic mass is 9.72. The van der Waals surface area contributed by atoms with E-state index < -0.39 is 11.4 Å². The number of carbonyl (C=O) groups is 3. The zero-order valence-corrected chi connectivity index (χ0v) is 20.6. The summed E-state index contributed by atoms with van der Waals surface area (Å²) in [7, 11) is 0. The fourth-order valence-corrected chi connectivity index (χ4v) is 5.79. The van der Waals surface area contributed by atoms with Crippen LogP contribution >= 0.6 is 0 Å². The van der Waals surface area contributed by atoms with Crippen molar-refractivity contribution in [1.82, 2.24) is 15.1 Å². The lowest BCUT2D eigenvalue weighted by Gasteiger charge is -2.42. The Bertz CT molecular complexity index is 1140. The summed E-state index contributed by atoms with van der Waals surface area (Å²) < 4.78 is 6.12. The van der Waals surface area contributed by atoms with E-state index in [1.165, 1.54) is 0 Å². The summed E-state index contributed by atoms with van der Waals surface area (Å²) in [6.07, 6.45) is 4.04. The van der Waals surface area contributed by atoms with Gasteiger partial charge < -0.3 is 25.6 Å². The highest BCUT2D eigenvalue weighted by molar-refractivity contribution is 5.84. The Balaban J connectivity index is 1.33. The van der Waals surface area contributed by atoms with Gasteiger partial charge in [-0.15, -0.1) is 0 Å². The number of piperidine rings is 2. The van der Waals surface area contributed by atoms with Crippen molar-refractivity contribution >= 4 is 17.8 Å². The van der Waals surface area contributed by atoms with Crippen molar-refractivity contribution in [3.05, 3.63) is 59.7 Å². The van der Waals surface area contributed by atoms with Crippen molar-refractivity contribution in [2.75, 3.05) is 32.7 Å². The second kappa shape index (κ2) is 10.2. The third-order valence-electron chi connectivity index (χ3n) is 7.87. The number of benzene rings is 2. The van der Waals surface area contributed by atoms with Crippen LogP contribution in [0.5, 0.6) is 11.5 Å². The molecule has 3 aliphatic rings. The van der Waals surface area contributed by atoms with E-state index >= 15 is 0 Å². The number of hydrogen-bond donors (Lipinski definition) is 2. The van der Waals surface area contributed by atoms with E-state index in [-0.39, 0.29) is 17.7 Å². The smallest absolute Gasteiger partial charge is 0.314 e. The maximum atomic E-state index is 13.6. The van der Waals surface area contributed by atoms with Gasteiger partial charge in [-0.1, -0.05) is 24.3 Å². The van der Waals surface area contributed by atoms with Gasteiger partial charge in [-0.3, -0.25) is 9.59 Å². The number of hydrogen-bond acceptors (Lipinski definition) is 4. The number of ether oxygens (including phenoxy) is 1. The molecular weight excluding hydrogens is 456 g/mol. The highest BCUT2D eigenvalue weighted by Crippen LogP contribution is 2.38. The van der Waals surface area contributed by atoms with E-state index in [1.807, 2.05) is 53.4 Å². The van der Waals surface area contributed by atoms with Crippen LogP contribution in [0.4, 0.5) is 4.79 Å². The van der Waals surface area contributed by atoms with E-state index in [9.17, 15) is 14.4 Å². The van der Waals surface area contributed by atoms with Gasteiger partial charge in [-0.2, -0.15) is 0 Å². The monoisotopic (exact) mass is 490 g/mol. The van der Waals surface area contributed by atoms with Gasteiger partial charge in [0.05, 0.1) is 11.3 Å². The molecule has 4 amide bonds. The Morgan fingerprint density at radius 1 is 0.972 bits per heavy atom. The molecule has 1 spiro atoms. The molecule has 0 aliphatic carbocycles. The Labute approximate surface area is 211 Å². The second-order valence-corrected chi connectivity index (χ2v) is 10.3. The number of nitrogens with one attached hydrogen (secondary N) is 1. The molecule has 3 aliphatic heterocycles. The second-order valence-electron chi connectivity index (χ2n) is 10.3. The van der Waals surface area contributed by atoms with Gasteiger partial charge >= 0.3 is 6.03 Å². The molecule has 2 fully saturated rings. The van der Waals surface area contributed by atoms with E-state index in [2.05, 4.69) is 5.32 Å². The van der Waals surface area contributed by atoms with Crippen LogP contribution in [-0.2, 0) is 22.4 Å². The molecule has 0 radical (unpaired) electrons. The summed E-state index contributed by atoms with van der Waals surface area (Å²) in [6.45, 7) is 2.58. The summed E-state index contributed by atoms with van der Waals surface area (Å²) in [5, 5.41) is 3.18.